The standard InChI is InChI=1S/C29H24ClF2N7/c1-34-19-11-12-39(15-19)28(33)16-5-8-18(9-6-16)36-29-35-14-24-26(38-29)20-10-7-17(30)13-21(20)27(37-24)25-22(31)3-2-4-23(25)32/h2-10,13-14,19,33-34H,11-12,15H2,1H3,(H,35,36,38). The first-order valence-corrected chi connectivity index (χ1v) is 12.9. The van der Waals surface area contributed by atoms with Gasteiger partial charge in [0.25, 0.3) is 0 Å². The number of benzene rings is 3. The van der Waals surface area contributed by atoms with E-state index in [-0.39, 0.29) is 11.3 Å². The first-order chi connectivity index (χ1) is 18.9. The molecular formula is C29H24ClF2N7. The normalized spacial score (nSPS) is 15.3. The van der Waals surface area contributed by atoms with Gasteiger partial charge in [-0.25, -0.2) is 23.7 Å². The van der Waals surface area contributed by atoms with E-state index in [1.54, 1.807) is 18.2 Å². The highest BCUT2D eigenvalue weighted by Gasteiger charge is 2.24. The third-order valence-corrected chi connectivity index (χ3v) is 7.26. The van der Waals surface area contributed by atoms with E-state index in [9.17, 15) is 8.78 Å². The molecule has 1 aliphatic heterocycles. The van der Waals surface area contributed by atoms with Crippen molar-refractivity contribution in [2.45, 2.75) is 12.5 Å². The van der Waals surface area contributed by atoms with Crippen molar-refractivity contribution < 1.29 is 8.78 Å². The molecule has 3 N–H and O–H groups in total. The molecule has 0 radical (unpaired) electrons. The molecule has 0 aliphatic carbocycles. The first-order valence-electron chi connectivity index (χ1n) is 12.5. The largest absolute Gasteiger partial charge is 0.355 e. The van der Waals surface area contributed by atoms with Crippen LogP contribution in [-0.4, -0.2) is 51.9 Å². The number of aromatic nitrogens is 3. The monoisotopic (exact) mass is 543 g/mol. The van der Waals surface area contributed by atoms with Crippen LogP contribution in [0.3, 0.4) is 0 Å². The maximum absolute atomic E-state index is 14.7. The smallest absolute Gasteiger partial charge is 0.227 e. The molecule has 0 amide bonds. The minimum atomic E-state index is -0.717. The number of nitrogens with one attached hydrogen (secondary N) is 3. The SMILES string of the molecule is CNC1CCN(C(=N)c2ccc(Nc3ncc4nc(-c5c(F)cccc5F)c5cc(Cl)ccc5c4n3)cc2)C1. The van der Waals surface area contributed by atoms with Gasteiger partial charge in [-0.1, -0.05) is 23.7 Å². The third kappa shape index (κ3) is 4.75. The van der Waals surface area contributed by atoms with Gasteiger partial charge in [0, 0.05) is 46.2 Å². The molecule has 6 rings (SSSR count). The first kappa shape index (κ1) is 25.1. The molecule has 1 saturated heterocycles. The van der Waals surface area contributed by atoms with Gasteiger partial charge in [-0.3, -0.25) is 5.41 Å². The number of hydrogen-bond acceptors (Lipinski definition) is 6. The number of likely N-dealkylation sites (tertiary alicyclic amines) is 1. The van der Waals surface area contributed by atoms with Crippen LogP contribution in [0.15, 0.2) is 66.9 Å². The van der Waals surface area contributed by atoms with E-state index in [2.05, 4.69) is 30.5 Å². The van der Waals surface area contributed by atoms with Crippen LogP contribution >= 0.6 is 11.6 Å². The molecule has 7 nitrogen and oxygen atoms in total. The summed E-state index contributed by atoms with van der Waals surface area (Å²) in [6.07, 6.45) is 2.54. The molecule has 39 heavy (non-hydrogen) atoms. The molecule has 0 saturated carbocycles. The van der Waals surface area contributed by atoms with Crippen molar-refractivity contribution in [1.29, 1.82) is 5.41 Å². The minimum absolute atomic E-state index is 0.136. The van der Waals surface area contributed by atoms with Gasteiger partial charge in [0.05, 0.1) is 17.5 Å². The average Bonchev–Trinajstić information content (AvgIpc) is 3.43. The molecule has 2 aromatic heterocycles. The molecule has 5 aromatic rings. The van der Waals surface area contributed by atoms with Crippen molar-refractivity contribution >= 4 is 50.9 Å². The average molecular weight is 544 g/mol. The Kier molecular flexibility index (Phi) is 6.54. The van der Waals surface area contributed by atoms with E-state index in [0.29, 0.717) is 44.7 Å². The van der Waals surface area contributed by atoms with Crippen molar-refractivity contribution in [3.05, 3.63) is 89.1 Å². The van der Waals surface area contributed by atoms with Gasteiger partial charge < -0.3 is 15.5 Å². The van der Waals surface area contributed by atoms with Crippen LogP contribution in [0, 0.1) is 17.0 Å². The van der Waals surface area contributed by atoms with E-state index >= 15 is 0 Å². The van der Waals surface area contributed by atoms with Crippen molar-refractivity contribution in [1.82, 2.24) is 25.2 Å². The number of pyridine rings is 1. The summed E-state index contributed by atoms with van der Waals surface area (Å²) in [6, 6.07) is 16.7. The highest BCUT2D eigenvalue weighted by Crippen LogP contribution is 2.36. The summed E-state index contributed by atoms with van der Waals surface area (Å²) in [6.45, 7) is 1.67. The summed E-state index contributed by atoms with van der Waals surface area (Å²) in [4.78, 5) is 15.7. The molecule has 1 fully saturated rings. The lowest BCUT2D eigenvalue weighted by Crippen LogP contribution is -2.33. The topological polar surface area (TPSA) is 89.8 Å². The van der Waals surface area contributed by atoms with E-state index in [1.807, 2.05) is 31.3 Å². The molecular weight excluding hydrogens is 520 g/mol. The zero-order valence-corrected chi connectivity index (χ0v) is 21.7. The van der Waals surface area contributed by atoms with Crippen LogP contribution < -0.4 is 10.6 Å². The van der Waals surface area contributed by atoms with Crippen molar-refractivity contribution in [2.75, 3.05) is 25.5 Å². The van der Waals surface area contributed by atoms with Crippen LogP contribution in [0.2, 0.25) is 5.02 Å². The number of hydrogen-bond donors (Lipinski definition) is 3. The number of amidine groups is 1. The molecule has 0 bridgehead atoms. The Balaban J connectivity index is 1.33. The molecule has 0 spiro atoms. The maximum atomic E-state index is 14.7. The second kappa shape index (κ2) is 10.2. The van der Waals surface area contributed by atoms with Gasteiger partial charge in [0.1, 0.15) is 28.5 Å². The molecule has 3 aromatic carbocycles. The predicted octanol–water partition coefficient (Wildman–Crippen LogP) is 6.14. The molecule has 1 aliphatic rings. The number of anilines is 2. The number of nitrogens with zero attached hydrogens (tertiary/aromatic N) is 4. The number of likely N-dealkylation sites (N-methyl/N-ethyl adjacent to an activating group) is 1. The number of fused-ring (bicyclic) bond motifs is 3. The van der Waals surface area contributed by atoms with Crippen LogP contribution in [0.5, 0.6) is 0 Å². The summed E-state index contributed by atoms with van der Waals surface area (Å²) in [5, 5.41) is 16.6. The Morgan fingerprint density at radius 3 is 2.51 bits per heavy atom. The summed E-state index contributed by atoms with van der Waals surface area (Å²) < 4.78 is 29.4. The lowest BCUT2D eigenvalue weighted by Gasteiger charge is -2.19. The molecule has 3 heterocycles. The molecule has 196 valence electrons. The van der Waals surface area contributed by atoms with Gasteiger partial charge in [0.15, 0.2) is 0 Å². The number of halogens is 3. The fourth-order valence-electron chi connectivity index (χ4n) is 4.95. The predicted molar refractivity (Wildman–Crippen MR) is 151 cm³/mol. The van der Waals surface area contributed by atoms with E-state index in [1.165, 1.54) is 24.4 Å². The number of rotatable bonds is 5. The van der Waals surface area contributed by atoms with Crippen LogP contribution in [-0.2, 0) is 0 Å². The zero-order valence-electron chi connectivity index (χ0n) is 21.0. The Hall–Kier alpha value is -4.21. The summed E-state index contributed by atoms with van der Waals surface area (Å²) in [5.74, 6) is -0.597. The van der Waals surface area contributed by atoms with Crippen LogP contribution in [0.1, 0.15) is 12.0 Å². The van der Waals surface area contributed by atoms with E-state index in [4.69, 9.17) is 17.0 Å². The summed E-state index contributed by atoms with van der Waals surface area (Å²) >= 11 is 6.26. The van der Waals surface area contributed by atoms with Crippen molar-refractivity contribution in [2.24, 2.45) is 0 Å². The Morgan fingerprint density at radius 2 is 1.79 bits per heavy atom. The maximum Gasteiger partial charge on any atom is 0.227 e. The highest BCUT2D eigenvalue weighted by molar-refractivity contribution is 6.31. The second-order valence-corrected chi connectivity index (χ2v) is 9.88. The highest BCUT2D eigenvalue weighted by atomic mass is 35.5. The third-order valence-electron chi connectivity index (χ3n) is 7.02. The van der Waals surface area contributed by atoms with Gasteiger partial charge in [-0.15, -0.1) is 0 Å². The Morgan fingerprint density at radius 1 is 1.03 bits per heavy atom. The second-order valence-electron chi connectivity index (χ2n) is 9.45. The minimum Gasteiger partial charge on any atom is -0.355 e. The van der Waals surface area contributed by atoms with Gasteiger partial charge in [-0.05, 0) is 62.0 Å². The van der Waals surface area contributed by atoms with Crippen LogP contribution in [0.25, 0.3) is 33.1 Å². The van der Waals surface area contributed by atoms with Gasteiger partial charge >= 0.3 is 0 Å². The summed E-state index contributed by atoms with van der Waals surface area (Å²) in [5.41, 5.74) is 2.41. The van der Waals surface area contributed by atoms with Gasteiger partial charge in [-0.2, -0.15) is 0 Å². The summed E-state index contributed by atoms with van der Waals surface area (Å²) in [7, 11) is 1.95. The van der Waals surface area contributed by atoms with Crippen molar-refractivity contribution in [3.8, 4) is 11.3 Å². The van der Waals surface area contributed by atoms with Gasteiger partial charge in [0.2, 0.25) is 5.95 Å². The zero-order chi connectivity index (χ0) is 27.1. The molecule has 1 unspecified atom stereocenters. The van der Waals surface area contributed by atoms with E-state index < -0.39 is 11.6 Å². The Labute approximate surface area is 228 Å². The van der Waals surface area contributed by atoms with E-state index in [0.717, 1.165) is 30.8 Å². The van der Waals surface area contributed by atoms with Crippen molar-refractivity contribution in [3.63, 3.8) is 0 Å². The lowest BCUT2D eigenvalue weighted by molar-refractivity contribution is 0.491. The Bertz CT molecular complexity index is 1710. The fourth-order valence-corrected chi connectivity index (χ4v) is 5.12. The quantitative estimate of drug-likeness (QED) is 0.140. The molecule has 1 atom stereocenters. The molecule has 10 heteroatoms. The van der Waals surface area contributed by atoms with Crippen LogP contribution in [0.4, 0.5) is 20.4 Å². The fraction of sp³-hybridized carbons (Fsp3) is 0.172. The lowest BCUT2D eigenvalue weighted by atomic mass is 10.0.